The van der Waals surface area contributed by atoms with Gasteiger partial charge in [-0.3, -0.25) is 4.79 Å². The Kier molecular flexibility index (Phi) is 7.83. The third-order valence-electron chi connectivity index (χ3n) is 5.29. The molecule has 7 nitrogen and oxygen atoms in total. The molecule has 0 aliphatic carbocycles. The maximum Gasteiger partial charge on any atom is 0.225 e. The Bertz CT molecular complexity index is 965. The predicted molar refractivity (Wildman–Crippen MR) is 120 cm³/mol. The molecule has 164 valence electrons. The van der Waals surface area contributed by atoms with Gasteiger partial charge in [-0.25, -0.2) is 9.97 Å². The van der Waals surface area contributed by atoms with Gasteiger partial charge < -0.3 is 14.5 Å². The smallest absolute Gasteiger partial charge is 0.225 e. The highest BCUT2D eigenvalue weighted by Gasteiger charge is 2.26. The zero-order valence-corrected chi connectivity index (χ0v) is 19.0. The van der Waals surface area contributed by atoms with E-state index in [1.807, 2.05) is 43.0 Å². The molecule has 2 aromatic rings. The van der Waals surface area contributed by atoms with E-state index < -0.39 is 0 Å². The Hall–Kier alpha value is -2.69. The van der Waals surface area contributed by atoms with Crippen LogP contribution in [0.5, 0.6) is 0 Å². The second kappa shape index (κ2) is 10.6. The normalized spacial score (nSPS) is 14.1. The fourth-order valence-corrected chi connectivity index (χ4v) is 3.98. The van der Waals surface area contributed by atoms with Crippen LogP contribution in [0.3, 0.4) is 0 Å². The summed E-state index contributed by atoms with van der Waals surface area (Å²) in [6.07, 6.45) is 0.736. The molecule has 1 aromatic heterocycles. The van der Waals surface area contributed by atoms with E-state index in [0.29, 0.717) is 50.1 Å². The van der Waals surface area contributed by atoms with E-state index in [2.05, 4.69) is 16.0 Å². The van der Waals surface area contributed by atoms with E-state index in [9.17, 15) is 10.1 Å². The van der Waals surface area contributed by atoms with Crippen LogP contribution in [0.2, 0.25) is 5.02 Å². The van der Waals surface area contributed by atoms with Gasteiger partial charge in [-0.15, -0.1) is 0 Å². The van der Waals surface area contributed by atoms with Crippen molar-refractivity contribution in [1.29, 1.82) is 5.26 Å². The van der Waals surface area contributed by atoms with Crippen LogP contribution in [-0.2, 0) is 29.0 Å². The number of aromatic nitrogens is 2. The summed E-state index contributed by atoms with van der Waals surface area (Å²) in [5.74, 6) is 1.45. The lowest BCUT2D eigenvalue weighted by atomic mass is 10.0. The number of amides is 1. The number of halogens is 1. The van der Waals surface area contributed by atoms with Gasteiger partial charge in [0.25, 0.3) is 0 Å². The minimum absolute atomic E-state index is 0.0143. The van der Waals surface area contributed by atoms with Gasteiger partial charge in [-0.05, 0) is 17.7 Å². The number of hydrogen-bond donors (Lipinski definition) is 0. The van der Waals surface area contributed by atoms with Crippen molar-refractivity contribution in [3.63, 3.8) is 0 Å². The topological polar surface area (TPSA) is 82.3 Å². The molecule has 3 rings (SSSR count). The monoisotopic (exact) mass is 441 g/mol. The first-order valence-electron chi connectivity index (χ1n) is 10.5. The minimum atomic E-state index is -0.0143. The number of hydrogen-bond acceptors (Lipinski definition) is 6. The van der Waals surface area contributed by atoms with Crippen molar-refractivity contribution >= 4 is 23.3 Å². The summed E-state index contributed by atoms with van der Waals surface area (Å²) in [6, 6.07) is 9.87. The Labute approximate surface area is 188 Å². The Morgan fingerprint density at radius 2 is 2.00 bits per heavy atom. The van der Waals surface area contributed by atoms with Gasteiger partial charge >= 0.3 is 0 Å². The van der Waals surface area contributed by atoms with Crippen LogP contribution in [0, 0.1) is 17.2 Å². The number of rotatable bonds is 7. The number of ether oxygens (including phenoxy) is 1. The molecule has 31 heavy (non-hydrogen) atoms. The van der Waals surface area contributed by atoms with Crippen LogP contribution in [0.1, 0.15) is 36.5 Å². The second-order valence-electron chi connectivity index (χ2n) is 7.93. The van der Waals surface area contributed by atoms with Crippen molar-refractivity contribution in [2.24, 2.45) is 5.92 Å². The van der Waals surface area contributed by atoms with E-state index in [1.165, 1.54) is 0 Å². The summed E-state index contributed by atoms with van der Waals surface area (Å²) < 4.78 is 5.41. The van der Waals surface area contributed by atoms with E-state index in [-0.39, 0.29) is 18.2 Å². The molecule has 0 saturated carbocycles. The van der Waals surface area contributed by atoms with Gasteiger partial charge in [0.2, 0.25) is 5.91 Å². The quantitative estimate of drug-likeness (QED) is 0.656. The van der Waals surface area contributed by atoms with Crippen molar-refractivity contribution in [3.05, 3.63) is 51.9 Å². The lowest BCUT2D eigenvalue weighted by Gasteiger charge is -2.37. The van der Waals surface area contributed by atoms with Crippen LogP contribution in [0.4, 0.5) is 5.82 Å². The molecular formula is C23H28ClN5O2. The molecule has 1 aliphatic heterocycles. The summed E-state index contributed by atoms with van der Waals surface area (Å²) in [7, 11) is 1.63. The van der Waals surface area contributed by atoms with Crippen molar-refractivity contribution in [2.75, 3.05) is 38.2 Å². The molecule has 8 heteroatoms. The molecule has 1 aliphatic rings. The zero-order chi connectivity index (χ0) is 22.4. The first-order valence-corrected chi connectivity index (χ1v) is 10.8. The molecule has 0 N–H and O–H groups in total. The van der Waals surface area contributed by atoms with Crippen molar-refractivity contribution in [2.45, 2.75) is 33.3 Å². The van der Waals surface area contributed by atoms with E-state index in [1.54, 1.807) is 7.11 Å². The maximum absolute atomic E-state index is 12.4. The summed E-state index contributed by atoms with van der Waals surface area (Å²) in [5, 5.41) is 9.87. The van der Waals surface area contributed by atoms with Gasteiger partial charge in [0.15, 0.2) is 0 Å². The average Bonchev–Trinajstić information content (AvgIpc) is 2.75. The second-order valence-corrected chi connectivity index (χ2v) is 8.37. The van der Waals surface area contributed by atoms with Gasteiger partial charge in [0.05, 0.1) is 24.8 Å². The number of piperazine rings is 1. The summed E-state index contributed by atoms with van der Waals surface area (Å²) in [5.41, 5.74) is 2.80. The molecule has 1 fully saturated rings. The van der Waals surface area contributed by atoms with E-state index in [4.69, 9.17) is 21.3 Å². The molecule has 1 aromatic carbocycles. The average molecular weight is 442 g/mol. The first kappa shape index (κ1) is 23.0. The van der Waals surface area contributed by atoms with Crippen molar-refractivity contribution < 1.29 is 9.53 Å². The number of nitrogens with zero attached hydrogens (tertiary/aromatic N) is 5. The van der Waals surface area contributed by atoms with Crippen LogP contribution in [-0.4, -0.2) is 54.1 Å². The van der Waals surface area contributed by atoms with E-state index >= 15 is 0 Å². The molecule has 0 spiro atoms. The molecule has 1 amide bonds. The molecule has 0 atom stereocenters. The number of methoxy groups -OCH3 is 1. The van der Waals surface area contributed by atoms with Crippen LogP contribution < -0.4 is 4.90 Å². The predicted octanol–water partition coefficient (Wildman–Crippen LogP) is 3.24. The Morgan fingerprint density at radius 1 is 1.26 bits per heavy atom. The molecule has 1 saturated heterocycles. The molecule has 0 bridgehead atoms. The van der Waals surface area contributed by atoms with Gasteiger partial charge in [0.1, 0.15) is 11.6 Å². The van der Waals surface area contributed by atoms with Gasteiger partial charge in [-0.1, -0.05) is 37.6 Å². The molecule has 2 heterocycles. The maximum atomic E-state index is 12.4. The number of nitriles is 1. The minimum Gasteiger partial charge on any atom is -0.378 e. The number of benzene rings is 1. The SMILES string of the molecule is COCc1nc(CC#N)nc(N2CCN(C(=O)C(C)C)CC2)c1Cc1cccc(Cl)c1. The number of anilines is 1. The first-order chi connectivity index (χ1) is 14.9. The number of carbonyl (C=O) groups is 1. The highest BCUT2D eigenvalue weighted by Crippen LogP contribution is 2.27. The Balaban J connectivity index is 1.96. The standard InChI is InChI=1S/C23H28ClN5O2/c1-16(2)23(30)29-11-9-28(10-12-29)22-19(14-17-5-4-6-18(24)13-17)20(15-31-3)26-21(27-22)7-8-25/h4-6,13,16H,7,9-12,14-15H2,1-3H3. The van der Waals surface area contributed by atoms with Crippen LogP contribution in [0.15, 0.2) is 24.3 Å². The fraction of sp³-hybridized carbons (Fsp3) is 0.478. The Morgan fingerprint density at radius 3 is 2.61 bits per heavy atom. The summed E-state index contributed by atoms with van der Waals surface area (Å²) in [4.78, 5) is 25.8. The van der Waals surface area contributed by atoms with Gasteiger partial charge in [-0.2, -0.15) is 5.26 Å². The van der Waals surface area contributed by atoms with E-state index in [0.717, 1.165) is 22.6 Å². The van der Waals surface area contributed by atoms with Gasteiger partial charge in [0, 0.05) is 56.2 Å². The van der Waals surface area contributed by atoms with Crippen molar-refractivity contribution in [1.82, 2.24) is 14.9 Å². The zero-order valence-electron chi connectivity index (χ0n) is 18.3. The third-order valence-corrected chi connectivity index (χ3v) is 5.53. The van der Waals surface area contributed by atoms with Crippen LogP contribution in [0.25, 0.3) is 0 Å². The third kappa shape index (κ3) is 5.72. The lowest BCUT2D eigenvalue weighted by Crippen LogP contribution is -2.50. The largest absolute Gasteiger partial charge is 0.378 e. The fourth-order valence-electron chi connectivity index (χ4n) is 3.77. The highest BCUT2D eigenvalue weighted by molar-refractivity contribution is 6.30. The summed E-state index contributed by atoms with van der Waals surface area (Å²) >= 11 is 6.20. The molecular weight excluding hydrogens is 414 g/mol. The van der Waals surface area contributed by atoms with Crippen LogP contribution >= 0.6 is 11.6 Å². The summed E-state index contributed by atoms with van der Waals surface area (Å²) in [6.45, 7) is 6.82. The molecule has 0 radical (unpaired) electrons. The van der Waals surface area contributed by atoms with Crippen molar-refractivity contribution in [3.8, 4) is 6.07 Å². The number of carbonyl (C=O) groups excluding carboxylic acids is 1. The highest BCUT2D eigenvalue weighted by atomic mass is 35.5. The lowest BCUT2D eigenvalue weighted by molar-refractivity contribution is -0.134. The molecule has 0 unspecified atom stereocenters.